The zero-order valence-corrected chi connectivity index (χ0v) is 27.4. The van der Waals surface area contributed by atoms with Gasteiger partial charge in [-0.15, -0.1) is 34.4 Å². The van der Waals surface area contributed by atoms with Crippen LogP contribution >= 0.6 is 34.4 Å². The largest absolute Gasteiger partial charge is 0.321 e. The summed E-state index contributed by atoms with van der Waals surface area (Å²) < 4.78 is 0. The molecular weight excluding hydrogens is 621 g/mol. The lowest BCUT2D eigenvalue weighted by molar-refractivity contribution is -0.116. The highest BCUT2D eigenvalue weighted by molar-refractivity contribution is 8.00. The number of thioether (sulfide) groups is 1. The van der Waals surface area contributed by atoms with Gasteiger partial charge in [-0.1, -0.05) is 67.1 Å². The van der Waals surface area contributed by atoms with Crippen molar-refractivity contribution < 1.29 is 14.4 Å². The number of benzene rings is 3. The third-order valence-electron chi connectivity index (χ3n) is 6.74. The second-order valence-electron chi connectivity index (χ2n) is 10.2. The Kier molecular flexibility index (Phi) is 10.6. The zero-order valence-electron chi connectivity index (χ0n) is 25.0. The van der Waals surface area contributed by atoms with Crippen LogP contribution < -0.4 is 16.0 Å². The van der Waals surface area contributed by atoms with Gasteiger partial charge >= 0.3 is 0 Å². The van der Waals surface area contributed by atoms with Gasteiger partial charge in [0.05, 0.1) is 10.9 Å². The predicted molar refractivity (Wildman–Crippen MR) is 187 cm³/mol. The lowest BCUT2D eigenvalue weighted by atomic mass is 10.1. The molecule has 5 aromatic rings. The number of thiazole rings is 1. The maximum Gasteiger partial charge on any atom is 0.272 e. The van der Waals surface area contributed by atoms with Crippen molar-refractivity contribution >= 4 is 69.1 Å². The molecule has 45 heavy (non-hydrogen) atoms. The molecule has 0 fully saturated rings. The van der Waals surface area contributed by atoms with E-state index in [0.29, 0.717) is 22.8 Å². The topological polar surface area (TPSA) is 100 Å². The van der Waals surface area contributed by atoms with Crippen molar-refractivity contribution in [3.8, 4) is 11.3 Å². The third kappa shape index (κ3) is 8.57. The monoisotopic (exact) mass is 652 g/mol. The summed E-state index contributed by atoms with van der Waals surface area (Å²) in [7, 11) is 0. The van der Waals surface area contributed by atoms with E-state index in [1.807, 2.05) is 86.8 Å². The molecule has 0 saturated carbocycles. The summed E-state index contributed by atoms with van der Waals surface area (Å²) in [5.41, 5.74) is 4.18. The molecule has 228 valence electrons. The molecule has 10 heteroatoms. The van der Waals surface area contributed by atoms with Gasteiger partial charge in [-0.05, 0) is 68.1 Å². The third-order valence-corrected chi connectivity index (χ3v) is 9.81. The number of carbonyl (C=O) groups is 3. The number of rotatable bonds is 11. The van der Waals surface area contributed by atoms with Crippen LogP contribution in [0.5, 0.6) is 0 Å². The highest BCUT2D eigenvalue weighted by Gasteiger charge is 2.21. The van der Waals surface area contributed by atoms with Crippen molar-refractivity contribution in [2.45, 2.75) is 37.3 Å². The summed E-state index contributed by atoms with van der Waals surface area (Å²) in [6.07, 6.45) is 2.25. The minimum Gasteiger partial charge on any atom is -0.321 e. The molecule has 1 atom stereocenters. The Labute approximate surface area is 274 Å². The fourth-order valence-electron chi connectivity index (χ4n) is 4.41. The van der Waals surface area contributed by atoms with Crippen LogP contribution in [0.4, 0.5) is 10.8 Å². The minimum absolute atomic E-state index is 0.124. The number of aromatic nitrogens is 1. The number of nitrogens with zero attached hydrogens (tertiary/aromatic N) is 1. The molecule has 5 rings (SSSR count). The molecule has 0 aliphatic heterocycles. The Bertz CT molecular complexity index is 1810. The van der Waals surface area contributed by atoms with E-state index < -0.39 is 5.91 Å². The quantitative estimate of drug-likeness (QED) is 0.0983. The maximum atomic E-state index is 13.4. The Morgan fingerprint density at radius 1 is 0.911 bits per heavy atom. The maximum absolute atomic E-state index is 13.4. The SMILES string of the molecule is CCC(Sc1cccc(NC(=O)/C(=C/c2cccs2)NC(=O)c2ccccc2)c1)C(=O)Nc1nc(-c2ccc(C)cc2)c(C)s1. The van der Waals surface area contributed by atoms with E-state index in [4.69, 9.17) is 4.98 Å². The first kappa shape index (κ1) is 31.9. The molecule has 2 heterocycles. The molecule has 2 aromatic heterocycles. The van der Waals surface area contributed by atoms with Gasteiger partial charge in [0.1, 0.15) is 5.70 Å². The molecule has 0 aliphatic carbocycles. The van der Waals surface area contributed by atoms with Crippen molar-refractivity contribution in [3.05, 3.63) is 123 Å². The van der Waals surface area contributed by atoms with Crippen LogP contribution in [0.3, 0.4) is 0 Å². The average Bonchev–Trinajstić information content (AvgIpc) is 3.69. The van der Waals surface area contributed by atoms with Gasteiger partial charge in [-0.3, -0.25) is 14.4 Å². The van der Waals surface area contributed by atoms with E-state index in [0.717, 1.165) is 25.9 Å². The Balaban J connectivity index is 1.26. The molecule has 1 unspecified atom stereocenters. The van der Waals surface area contributed by atoms with E-state index in [1.165, 1.54) is 40.0 Å². The molecule has 3 amide bonds. The summed E-state index contributed by atoms with van der Waals surface area (Å²) >= 11 is 4.34. The van der Waals surface area contributed by atoms with E-state index in [2.05, 4.69) is 16.0 Å². The van der Waals surface area contributed by atoms with Crippen molar-refractivity contribution in [3.63, 3.8) is 0 Å². The Morgan fingerprint density at radius 3 is 2.40 bits per heavy atom. The predicted octanol–water partition coefficient (Wildman–Crippen LogP) is 8.41. The van der Waals surface area contributed by atoms with E-state index in [9.17, 15) is 14.4 Å². The van der Waals surface area contributed by atoms with Crippen molar-refractivity contribution in [2.75, 3.05) is 10.6 Å². The van der Waals surface area contributed by atoms with Gasteiger partial charge in [0.15, 0.2) is 5.13 Å². The molecule has 0 saturated heterocycles. The van der Waals surface area contributed by atoms with Crippen LogP contribution in [0.2, 0.25) is 0 Å². The first-order chi connectivity index (χ1) is 21.8. The number of anilines is 2. The van der Waals surface area contributed by atoms with Crippen molar-refractivity contribution in [1.29, 1.82) is 0 Å². The van der Waals surface area contributed by atoms with Crippen LogP contribution in [0.25, 0.3) is 17.3 Å². The summed E-state index contributed by atoms with van der Waals surface area (Å²) in [4.78, 5) is 46.9. The standard InChI is InChI=1S/C35H32N4O3S3/c1-4-30(34(42)39-35-38-31(23(3)44-35)24-17-15-22(2)16-18-24)45-28-13-8-12-26(20-28)36-33(41)29(21-27-14-9-19-43-27)37-32(40)25-10-6-5-7-11-25/h5-21,30H,4H2,1-3H3,(H,36,41)(H,37,40)(H,38,39,42)/b29-21-. The molecule has 0 aliphatic rings. The van der Waals surface area contributed by atoms with Crippen molar-refractivity contribution in [2.24, 2.45) is 0 Å². The summed E-state index contributed by atoms with van der Waals surface area (Å²) in [5, 5.41) is 10.8. The fourth-order valence-corrected chi connectivity index (χ4v) is 6.91. The van der Waals surface area contributed by atoms with Gasteiger partial charge in [-0.25, -0.2) is 4.98 Å². The normalized spacial score (nSPS) is 11.9. The fraction of sp³-hybridized carbons (Fsp3) is 0.143. The molecule has 0 spiro atoms. The van der Waals surface area contributed by atoms with Crippen LogP contribution in [0.1, 0.15) is 39.0 Å². The van der Waals surface area contributed by atoms with Crippen LogP contribution in [0.15, 0.2) is 107 Å². The van der Waals surface area contributed by atoms with Crippen LogP contribution in [0, 0.1) is 13.8 Å². The van der Waals surface area contributed by atoms with E-state index in [-0.39, 0.29) is 22.8 Å². The van der Waals surface area contributed by atoms with Gasteiger partial charge in [0.2, 0.25) is 5.91 Å². The average molecular weight is 653 g/mol. The number of hydrogen-bond donors (Lipinski definition) is 3. The summed E-state index contributed by atoms with van der Waals surface area (Å²) in [5.74, 6) is -0.967. The van der Waals surface area contributed by atoms with Gasteiger partial charge < -0.3 is 16.0 Å². The Hall–Kier alpha value is -4.51. The number of nitrogens with one attached hydrogen (secondary N) is 3. The summed E-state index contributed by atoms with van der Waals surface area (Å²) in [6.45, 7) is 6.01. The van der Waals surface area contributed by atoms with Crippen LogP contribution in [-0.2, 0) is 9.59 Å². The number of thiophene rings is 1. The van der Waals surface area contributed by atoms with E-state index in [1.54, 1.807) is 36.4 Å². The second kappa shape index (κ2) is 15.0. The highest BCUT2D eigenvalue weighted by Crippen LogP contribution is 2.33. The van der Waals surface area contributed by atoms with Crippen LogP contribution in [-0.4, -0.2) is 28.0 Å². The van der Waals surface area contributed by atoms with Crippen molar-refractivity contribution in [1.82, 2.24) is 10.3 Å². The minimum atomic E-state index is -0.455. The smallest absolute Gasteiger partial charge is 0.272 e. The molecular formula is C35H32N4O3S3. The lowest BCUT2D eigenvalue weighted by Gasteiger charge is -2.15. The second-order valence-corrected chi connectivity index (χ2v) is 13.6. The lowest BCUT2D eigenvalue weighted by Crippen LogP contribution is -2.30. The molecule has 3 aromatic carbocycles. The number of aryl methyl sites for hydroxylation is 2. The number of amides is 3. The molecule has 3 N–H and O–H groups in total. The zero-order chi connectivity index (χ0) is 31.8. The summed E-state index contributed by atoms with van der Waals surface area (Å²) in [6, 6.07) is 28.0. The number of carbonyl (C=O) groups excluding carboxylic acids is 3. The number of hydrogen-bond acceptors (Lipinski definition) is 7. The van der Waals surface area contributed by atoms with Gasteiger partial charge in [0.25, 0.3) is 11.8 Å². The Morgan fingerprint density at radius 2 is 1.69 bits per heavy atom. The van der Waals surface area contributed by atoms with Gasteiger partial charge in [0, 0.05) is 31.5 Å². The molecule has 0 radical (unpaired) electrons. The first-order valence-electron chi connectivity index (χ1n) is 14.3. The molecule has 7 nitrogen and oxygen atoms in total. The first-order valence-corrected chi connectivity index (χ1v) is 16.9. The highest BCUT2D eigenvalue weighted by atomic mass is 32.2. The molecule has 0 bridgehead atoms. The van der Waals surface area contributed by atoms with E-state index >= 15 is 0 Å². The van der Waals surface area contributed by atoms with Gasteiger partial charge in [-0.2, -0.15) is 0 Å².